The summed E-state index contributed by atoms with van der Waals surface area (Å²) in [5.74, 6) is 18.3. The van der Waals surface area contributed by atoms with Crippen LogP contribution < -0.4 is 0 Å². The number of nitrogens with zero attached hydrogens (tertiary/aromatic N) is 1. The molecule has 0 bridgehead atoms. The van der Waals surface area contributed by atoms with Crippen LogP contribution in [0.2, 0.25) is 0 Å². The van der Waals surface area contributed by atoms with E-state index in [4.69, 9.17) is 10.2 Å². The van der Waals surface area contributed by atoms with Crippen LogP contribution in [0, 0.1) is 35.5 Å². The Labute approximate surface area is 172 Å². The summed E-state index contributed by atoms with van der Waals surface area (Å²) in [6.45, 7) is 2.59. The third kappa shape index (κ3) is 17.5. The fraction of sp³-hybridized carbons (Fsp3) is 0.708. The van der Waals surface area contributed by atoms with Crippen LogP contribution in [0.4, 0.5) is 0 Å². The summed E-state index contributed by atoms with van der Waals surface area (Å²) in [5.41, 5.74) is 0. The number of carbonyl (C=O) groups excluding carboxylic acids is 1. The van der Waals surface area contributed by atoms with E-state index < -0.39 is 0 Å². The highest BCUT2D eigenvalue weighted by Gasteiger charge is 2.11. The second-order valence-electron chi connectivity index (χ2n) is 6.61. The highest BCUT2D eigenvalue weighted by molar-refractivity contribution is 5.76. The summed E-state index contributed by atoms with van der Waals surface area (Å²) in [4.78, 5) is 13.4. The second-order valence-corrected chi connectivity index (χ2v) is 6.61. The van der Waals surface area contributed by atoms with Crippen molar-refractivity contribution >= 4 is 5.91 Å². The van der Waals surface area contributed by atoms with Gasteiger partial charge in [0.1, 0.15) is 0 Å². The molecule has 0 atom stereocenters. The van der Waals surface area contributed by atoms with Crippen LogP contribution >= 0.6 is 0 Å². The van der Waals surface area contributed by atoms with Gasteiger partial charge < -0.3 is 15.1 Å². The van der Waals surface area contributed by atoms with Crippen molar-refractivity contribution in [2.45, 2.75) is 84.0 Å². The average Bonchev–Trinajstić information content (AvgIpc) is 2.70. The van der Waals surface area contributed by atoms with Gasteiger partial charge in [0, 0.05) is 32.4 Å². The van der Waals surface area contributed by atoms with E-state index in [9.17, 15) is 4.79 Å². The average molecular weight is 388 g/mol. The number of amides is 1. The molecule has 0 saturated carbocycles. The zero-order valence-electron chi connectivity index (χ0n) is 17.6. The molecule has 0 aliphatic heterocycles. The maximum atomic E-state index is 11.9. The lowest BCUT2D eigenvalue weighted by Gasteiger charge is -2.20. The van der Waals surface area contributed by atoms with E-state index in [1.54, 1.807) is 0 Å². The van der Waals surface area contributed by atoms with Gasteiger partial charge in [-0.15, -0.1) is 11.8 Å². The molecule has 2 N–H and O–H groups in total. The first-order chi connectivity index (χ1) is 13.8. The Bertz CT molecular complexity index is 560. The molecule has 0 saturated heterocycles. The molecule has 4 heteroatoms. The molecule has 0 unspecified atom stereocenters. The molecule has 156 valence electrons. The summed E-state index contributed by atoms with van der Waals surface area (Å²) in [6, 6.07) is 0. The van der Waals surface area contributed by atoms with Crippen molar-refractivity contribution in [2.24, 2.45) is 0 Å². The molecule has 0 radical (unpaired) electrons. The number of carbonyl (C=O) groups is 1. The third-order valence-electron chi connectivity index (χ3n) is 4.17. The van der Waals surface area contributed by atoms with Gasteiger partial charge >= 0.3 is 0 Å². The van der Waals surface area contributed by atoms with Crippen LogP contribution in [-0.2, 0) is 4.79 Å². The maximum Gasteiger partial charge on any atom is 0.222 e. The van der Waals surface area contributed by atoms with E-state index in [1.165, 1.54) is 43.4 Å². The molecule has 28 heavy (non-hydrogen) atoms. The molecule has 0 fully saturated rings. The van der Waals surface area contributed by atoms with Gasteiger partial charge in [0.05, 0.1) is 26.1 Å². The van der Waals surface area contributed by atoms with Crippen LogP contribution in [0.3, 0.4) is 0 Å². The predicted molar refractivity (Wildman–Crippen MR) is 115 cm³/mol. The second kappa shape index (κ2) is 21.4. The van der Waals surface area contributed by atoms with Gasteiger partial charge in [-0.2, -0.15) is 0 Å². The monoisotopic (exact) mass is 387 g/mol. The predicted octanol–water partition coefficient (Wildman–Crippen LogP) is 3.51. The van der Waals surface area contributed by atoms with Crippen molar-refractivity contribution in [3.63, 3.8) is 0 Å². The van der Waals surface area contributed by atoms with Crippen molar-refractivity contribution in [1.82, 2.24) is 4.90 Å². The molecule has 0 aliphatic carbocycles. The van der Waals surface area contributed by atoms with E-state index in [0.717, 1.165) is 6.42 Å². The molecule has 0 aromatic heterocycles. The third-order valence-corrected chi connectivity index (χ3v) is 4.17. The molecular formula is C24H37NO3. The van der Waals surface area contributed by atoms with E-state index in [2.05, 4.69) is 42.4 Å². The summed E-state index contributed by atoms with van der Waals surface area (Å²) in [7, 11) is 0. The standard InChI is InChI=1S/C24H37NO3/c1-2-3-4-5-6-7-8-9-10-11-12-13-14-15-16-17-18-19-24(28)25(20-22-26)21-23-27/h26-27H,2-8,11,14,17-23H2,1H3. The minimum Gasteiger partial charge on any atom is -0.395 e. The van der Waals surface area contributed by atoms with Gasteiger partial charge in [-0.3, -0.25) is 4.79 Å². The minimum absolute atomic E-state index is 0.0516. The normalized spacial score (nSPS) is 9.39. The fourth-order valence-electron chi connectivity index (χ4n) is 2.60. The molecule has 0 rings (SSSR count). The lowest BCUT2D eigenvalue weighted by atomic mass is 10.1. The number of rotatable bonds is 13. The van der Waals surface area contributed by atoms with E-state index in [-0.39, 0.29) is 32.2 Å². The summed E-state index contributed by atoms with van der Waals surface area (Å²) in [5, 5.41) is 17.8. The molecule has 0 spiro atoms. The van der Waals surface area contributed by atoms with Crippen molar-refractivity contribution < 1.29 is 15.0 Å². The molecular weight excluding hydrogens is 350 g/mol. The summed E-state index contributed by atoms with van der Waals surface area (Å²) in [6.07, 6.45) is 11.6. The molecule has 4 nitrogen and oxygen atoms in total. The zero-order valence-corrected chi connectivity index (χ0v) is 17.6. The van der Waals surface area contributed by atoms with Crippen LogP contribution in [0.5, 0.6) is 0 Å². The largest absolute Gasteiger partial charge is 0.395 e. The van der Waals surface area contributed by atoms with Crippen LogP contribution in [-0.4, -0.2) is 47.3 Å². The highest BCUT2D eigenvalue weighted by Crippen LogP contribution is 2.06. The molecule has 0 aromatic carbocycles. The molecule has 1 amide bonds. The number of aliphatic hydroxyl groups excluding tert-OH is 2. The number of hydrogen-bond acceptors (Lipinski definition) is 3. The Morgan fingerprint density at radius 1 is 0.714 bits per heavy atom. The first kappa shape index (κ1) is 26.1. The molecule has 0 aliphatic rings. The number of aliphatic hydroxyl groups is 2. The SMILES string of the molecule is CCCCCCCCC#CCC#CCC#CCCCC(=O)N(CCO)CCO. The van der Waals surface area contributed by atoms with Gasteiger partial charge in [-0.1, -0.05) is 62.7 Å². The van der Waals surface area contributed by atoms with Crippen molar-refractivity contribution in [2.75, 3.05) is 26.3 Å². The number of unbranched alkanes of at least 4 members (excludes halogenated alkanes) is 7. The van der Waals surface area contributed by atoms with Crippen molar-refractivity contribution in [1.29, 1.82) is 0 Å². The Morgan fingerprint density at radius 2 is 1.21 bits per heavy atom. The van der Waals surface area contributed by atoms with Gasteiger partial charge in [-0.25, -0.2) is 0 Å². The van der Waals surface area contributed by atoms with E-state index in [0.29, 0.717) is 32.1 Å². The quantitative estimate of drug-likeness (QED) is 0.375. The Morgan fingerprint density at radius 3 is 1.79 bits per heavy atom. The van der Waals surface area contributed by atoms with Crippen LogP contribution in [0.15, 0.2) is 0 Å². The van der Waals surface area contributed by atoms with Crippen molar-refractivity contribution in [3.8, 4) is 35.5 Å². The Hall–Kier alpha value is -1.93. The first-order valence-electron chi connectivity index (χ1n) is 10.6. The van der Waals surface area contributed by atoms with Gasteiger partial charge in [0.2, 0.25) is 5.91 Å². The summed E-state index contributed by atoms with van der Waals surface area (Å²) >= 11 is 0. The van der Waals surface area contributed by atoms with Crippen LogP contribution in [0.1, 0.15) is 84.0 Å². The topological polar surface area (TPSA) is 60.8 Å². The maximum absolute atomic E-state index is 11.9. The fourth-order valence-corrected chi connectivity index (χ4v) is 2.60. The van der Waals surface area contributed by atoms with Gasteiger partial charge in [0.15, 0.2) is 0 Å². The molecule has 0 aromatic rings. The highest BCUT2D eigenvalue weighted by atomic mass is 16.3. The first-order valence-corrected chi connectivity index (χ1v) is 10.6. The van der Waals surface area contributed by atoms with E-state index >= 15 is 0 Å². The van der Waals surface area contributed by atoms with Gasteiger partial charge in [0.25, 0.3) is 0 Å². The van der Waals surface area contributed by atoms with Gasteiger partial charge in [-0.05, 0) is 12.8 Å². The lowest BCUT2D eigenvalue weighted by molar-refractivity contribution is -0.132. The minimum atomic E-state index is -0.0896. The molecule has 0 heterocycles. The smallest absolute Gasteiger partial charge is 0.222 e. The summed E-state index contributed by atoms with van der Waals surface area (Å²) < 4.78 is 0. The van der Waals surface area contributed by atoms with Crippen molar-refractivity contribution in [3.05, 3.63) is 0 Å². The zero-order chi connectivity index (χ0) is 20.7. The Balaban J connectivity index is 3.70. The lowest BCUT2D eigenvalue weighted by Crippen LogP contribution is -2.35. The Kier molecular flexibility index (Phi) is 19.9. The van der Waals surface area contributed by atoms with Crippen LogP contribution in [0.25, 0.3) is 0 Å². The number of hydrogen-bond donors (Lipinski definition) is 2. The van der Waals surface area contributed by atoms with E-state index in [1.807, 2.05) is 0 Å².